The molecular weight excluding hydrogens is 246 g/mol. The molecule has 1 atom stereocenters. The lowest BCUT2D eigenvalue weighted by Crippen LogP contribution is -2.27. The molecule has 3 heteroatoms. The average molecular weight is 271 g/mol. The molecule has 0 saturated heterocycles. The van der Waals surface area contributed by atoms with Gasteiger partial charge in [0.25, 0.3) is 0 Å². The van der Waals surface area contributed by atoms with Crippen LogP contribution >= 0.6 is 0 Å². The van der Waals surface area contributed by atoms with Crippen molar-refractivity contribution < 1.29 is 0 Å². The highest BCUT2D eigenvalue weighted by Gasteiger charge is 2.19. The van der Waals surface area contributed by atoms with Crippen LogP contribution in [0.15, 0.2) is 18.3 Å². The van der Waals surface area contributed by atoms with E-state index in [0.717, 1.165) is 26.1 Å². The quantitative estimate of drug-likeness (QED) is 0.922. The minimum Gasteiger partial charge on any atom is -0.350 e. The van der Waals surface area contributed by atoms with E-state index in [1.807, 2.05) is 0 Å². The van der Waals surface area contributed by atoms with Gasteiger partial charge in [0.15, 0.2) is 0 Å². The fourth-order valence-corrected chi connectivity index (χ4v) is 3.44. The van der Waals surface area contributed by atoms with Crippen molar-refractivity contribution in [3.8, 4) is 0 Å². The number of hydrogen-bond donors (Lipinski definition) is 1. The van der Waals surface area contributed by atoms with Gasteiger partial charge in [-0.25, -0.2) is 0 Å². The maximum absolute atomic E-state index is 3.51. The topological polar surface area (TPSA) is 20.2 Å². The maximum Gasteiger partial charge on any atom is 0.0484 e. The first-order valence-corrected chi connectivity index (χ1v) is 7.60. The number of nitrogens with zero attached hydrogens (tertiary/aromatic N) is 2. The molecule has 0 fully saturated rings. The molecule has 2 heterocycles. The highest BCUT2D eigenvalue weighted by molar-refractivity contribution is 5.86. The van der Waals surface area contributed by atoms with Gasteiger partial charge in [-0.1, -0.05) is 6.92 Å². The molecule has 1 aliphatic heterocycles. The number of fused-ring (bicyclic) bond motifs is 2. The van der Waals surface area contributed by atoms with Gasteiger partial charge >= 0.3 is 0 Å². The zero-order valence-corrected chi connectivity index (χ0v) is 13.0. The van der Waals surface area contributed by atoms with Crippen LogP contribution in [0.5, 0.6) is 0 Å². The second-order valence-electron chi connectivity index (χ2n) is 6.24. The average Bonchev–Trinajstić information content (AvgIpc) is 2.88. The van der Waals surface area contributed by atoms with Crippen LogP contribution in [0.3, 0.4) is 0 Å². The Morgan fingerprint density at radius 2 is 1.90 bits per heavy atom. The van der Waals surface area contributed by atoms with E-state index >= 15 is 0 Å². The summed E-state index contributed by atoms with van der Waals surface area (Å²) in [6.45, 7) is 7.64. The van der Waals surface area contributed by atoms with Crippen molar-refractivity contribution in [3.05, 3.63) is 35.0 Å². The summed E-state index contributed by atoms with van der Waals surface area (Å²) in [6, 6.07) is 5.33. The van der Waals surface area contributed by atoms with E-state index < -0.39 is 0 Å². The summed E-state index contributed by atoms with van der Waals surface area (Å²) in [5.41, 5.74) is 5.84. The molecule has 1 aromatic heterocycles. The Morgan fingerprint density at radius 3 is 2.60 bits per heavy atom. The molecule has 2 aromatic rings. The lowest BCUT2D eigenvalue weighted by molar-refractivity contribution is 0.353. The van der Waals surface area contributed by atoms with Gasteiger partial charge in [0, 0.05) is 43.3 Å². The molecule has 0 spiro atoms. The highest BCUT2D eigenvalue weighted by atomic mass is 15.1. The highest BCUT2D eigenvalue weighted by Crippen LogP contribution is 2.30. The number of aryl methyl sites for hydroxylation is 1. The van der Waals surface area contributed by atoms with Crippen LogP contribution in [0, 0.1) is 0 Å². The normalized spacial score (nSPS) is 16.8. The fraction of sp³-hybridized carbons (Fsp3) is 0.529. The van der Waals surface area contributed by atoms with Crippen molar-refractivity contribution in [2.24, 2.45) is 7.05 Å². The zero-order valence-electron chi connectivity index (χ0n) is 13.0. The van der Waals surface area contributed by atoms with Crippen LogP contribution < -0.4 is 5.32 Å². The predicted octanol–water partition coefficient (Wildman–Crippen LogP) is 2.66. The lowest BCUT2D eigenvalue weighted by atomic mass is 10.0. The van der Waals surface area contributed by atoms with Crippen LogP contribution in [0.2, 0.25) is 0 Å². The smallest absolute Gasteiger partial charge is 0.0484 e. The number of hydrogen-bond acceptors (Lipinski definition) is 2. The fourth-order valence-electron chi connectivity index (χ4n) is 3.44. The third-order valence-corrected chi connectivity index (χ3v) is 4.35. The van der Waals surface area contributed by atoms with Crippen LogP contribution in [-0.4, -0.2) is 29.1 Å². The summed E-state index contributed by atoms with van der Waals surface area (Å²) in [7, 11) is 4.35. The van der Waals surface area contributed by atoms with Crippen molar-refractivity contribution >= 4 is 10.9 Å². The van der Waals surface area contributed by atoms with Gasteiger partial charge < -0.3 is 9.88 Å². The molecule has 0 amide bonds. The minimum absolute atomic E-state index is 0.529. The molecule has 1 aliphatic rings. The van der Waals surface area contributed by atoms with E-state index in [4.69, 9.17) is 0 Å². The summed E-state index contributed by atoms with van der Waals surface area (Å²) in [5.74, 6) is 0. The summed E-state index contributed by atoms with van der Waals surface area (Å²) in [4.78, 5) is 2.38. The molecule has 1 N–H and O–H groups in total. The van der Waals surface area contributed by atoms with E-state index in [1.165, 1.54) is 27.6 Å². The molecular formula is C17H25N3. The van der Waals surface area contributed by atoms with Gasteiger partial charge in [-0.2, -0.15) is 0 Å². The van der Waals surface area contributed by atoms with E-state index in [-0.39, 0.29) is 0 Å². The standard InChI is InChI=1S/C17H25N3/c1-5-18-12(2)6-15-11-20(4)17-8-14-10-19(3)9-13(14)7-16(15)17/h7-8,11-12,18H,5-6,9-10H2,1-4H3. The van der Waals surface area contributed by atoms with Gasteiger partial charge in [0.1, 0.15) is 0 Å². The summed E-state index contributed by atoms with van der Waals surface area (Å²) >= 11 is 0. The second-order valence-corrected chi connectivity index (χ2v) is 6.24. The molecule has 1 aromatic carbocycles. The van der Waals surface area contributed by atoms with Crippen molar-refractivity contribution in [2.45, 2.75) is 39.4 Å². The second kappa shape index (κ2) is 5.23. The molecule has 0 saturated carbocycles. The maximum atomic E-state index is 3.51. The Morgan fingerprint density at radius 1 is 1.20 bits per heavy atom. The van der Waals surface area contributed by atoms with Crippen molar-refractivity contribution in [2.75, 3.05) is 13.6 Å². The number of likely N-dealkylation sites (N-methyl/N-ethyl adjacent to an activating group) is 1. The van der Waals surface area contributed by atoms with Crippen molar-refractivity contribution in [1.29, 1.82) is 0 Å². The molecule has 0 radical (unpaired) electrons. The first kappa shape index (κ1) is 13.7. The number of rotatable bonds is 4. The van der Waals surface area contributed by atoms with Crippen LogP contribution in [0.1, 0.15) is 30.5 Å². The van der Waals surface area contributed by atoms with Crippen LogP contribution in [0.4, 0.5) is 0 Å². The van der Waals surface area contributed by atoms with Gasteiger partial charge in [0.05, 0.1) is 0 Å². The Labute approximate surface area is 121 Å². The Kier molecular flexibility index (Phi) is 3.57. The number of benzene rings is 1. The molecule has 108 valence electrons. The molecule has 0 bridgehead atoms. The molecule has 3 rings (SSSR count). The molecule has 1 unspecified atom stereocenters. The van der Waals surface area contributed by atoms with E-state index in [1.54, 1.807) is 0 Å². The molecule has 3 nitrogen and oxygen atoms in total. The monoisotopic (exact) mass is 271 g/mol. The third-order valence-electron chi connectivity index (χ3n) is 4.35. The third kappa shape index (κ3) is 2.36. The summed E-state index contributed by atoms with van der Waals surface area (Å²) in [5, 5.41) is 4.95. The lowest BCUT2D eigenvalue weighted by Gasteiger charge is -2.11. The minimum atomic E-state index is 0.529. The Balaban J connectivity index is 2.00. The first-order chi connectivity index (χ1) is 9.58. The Hall–Kier alpha value is -1.32. The first-order valence-electron chi connectivity index (χ1n) is 7.60. The zero-order chi connectivity index (χ0) is 14.3. The SMILES string of the molecule is CCNC(C)Cc1cn(C)c2cc3c(cc12)CN(C)C3. The van der Waals surface area contributed by atoms with Gasteiger partial charge in [0.2, 0.25) is 0 Å². The van der Waals surface area contributed by atoms with Crippen molar-refractivity contribution in [1.82, 2.24) is 14.8 Å². The Bertz CT molecular complexity index is 627. The largest absolute Gasteiger partial charge is 0.350 e. The number of nitrogens with one attached hydrogen (secondary N) is 1. The van der Waals surface area contributed by atoms with Crippen LogP contribution in [0.25, 0.3) is 10.9 Å². The van der Waals surface area contributed by atoms with Gasteiger partial charge in [-0.05, 0) is 55.8 Å². The van der Waals surface area contributed by atoms with Gasteiger partial charge in [-0.3, -0.25) is 4.90 Å². The molecule has 20 heavy (non-hydrogen) atoms. The predicted molar refractivity (Wildman–Crippen MR) is 84.9 cm³/mol. The molecule has 0 aliphatic carbocycles. The number of aromatic nitrogens is 1. The summed E-state index contributed by atoms with van der Waals surface area (Å²) in [6.07, 6.45) is 3.40. The van der Waals surface area contributed by atoms with E-state index in [0.29, 0.717) is 6.04 Å². The van der Waals surface area contributed by atoms with E-state index in [2.05, 4.69) is 61.1 Å². The van der Waals surface area contributed by atoms with Crippen molar-refractivity contribution in [3.63, 3.8) is 0 Å². The van der Waals surface area contributed by atoms with Gasteiger partial charge in [-0.15, -0.1) is 0 Å². The summed E-state index contributed by atoms with van der Waals surface area (Å²) < 4.78 is 2.28. The van der Waals surface area contributed by atoms with Crippen LogP contribution in [-0.2, 0) is 26.6 Å². The van der Waals surface area contributed by atoms with E-state index in [9.17, 15) is 0 Å².